The molecule has 1 aliphatic rings. The smallest absolute Gasteiger partial charge is 0.337 e. The first-order valence-corrected chi connectivity index (χ1v) is 4.22. The van der Waals surface area contributed by atoms with Gasteiger partial charge in [-0.2, -0.15) is 0 Å². The van der Waals surface area contributed by atoms with Crippen molar-refractivity contribution in [3.05, 3.63) is 23.8 Å². The molecule has 0 aliphatic heterocycles. The summed E-state index contributed by atoms with van der Waals surface area (Å²) in [5.74, 6) is -0.303. The number of ether oxygens (including phenoxy) is 1. The van der Waals surface area contributed by atoms with Gasteiger partial charge in [0.05, 0.1) is 12.7 Å². The summed E-state index contributed by atoms with van der Waals surface area (Å²) in [6.07, 6.45) is 6.49. The molecule has 0 radical (unpaired) electrons. The number of rotatable bonds is 2. The Kier molecular flexibility index (Phi) is 3.09. The number of carbonyl (C=O) groups is 1. The lowest BCUT2D eigenvalue weighted by molar-refractivity contribution is -0.135. The van der Waals surface area contributed by atoms with Crippen molar-refractivity contribution in [2.75, 3.05) is 7.11 Å². The topological polar surface area (TPSA) is 26.3 Å². The molecule has 66 valence electrons. The van der Waals surface area contributed by atoms with Crippen LogP contribution in [0.15, 0.2) is 23.8 Å². The highest BCUT2D eigenvalue weighted by atomic mass is 16.5. The van der Waals surface area contributed by atoms with Crippen molar-refractivity contribution < 1.29 is 9.53 Å². The first-order chi connectivity index (χ1) is 5.75. The molecule has 0 aromatic rings. The molecule has 0 spiro atoms. The predicted octanol–water partition coefficient (Wildman–Crippen LogP) is 2.22. The lowest BCUT2D eigenvalue weighted by atomic mass is 9.94. The standard InChI is InChI=1S/C10H14O2/c1-8(10(11)12-2)9-6-4-3-5-7-9/h6H,1,3-5,7H2,2H3. The van der Waals surface area contributed by atoms with Crippen molar-refractivity contribution in [2.24, 2.45) is 0 Å². The van der Waals surface area contributed by atoms with E-state index in [9.17, 15) is 4.79 Å². The van der Waals surface area contributed by atoms with Gasteiger partial charge in [-0.1, -0.05) is 12.7 Å². The van der Waals surface area contributed by atoms with Crippen molar-refractivity contribution in [1.29, 1.82) is 0 Å². The van der Waals surface area contributed by atoms with Crippen LogP contribution in [0.3, 0.4) is 0 Å². The largest absolute Gasteiger partial charge is 0.465 e. The Morgan fingerprint density at radius 2 is 2.33 bits per heavy atom. The van der Waals surface area contributed by atoms with E-state index in [0.29, 0.717) is 5.57 Å². The van der Waals surface area contributed by atoms with Crippen LogP contribution in [-0.2, 0) is 9.53 Å². The van der Waals surface area contributed by atoms with Crippen molar-refractivity contribution >= 4 is 5.97 Å². The molecular weight excluding hydrogens is 152 g/mol. The summed E-state index contributed by atoms with van der Waals surface area (Å²) in [6, 6.07) is 0. The Morgan fingerprint density at radius 1 is 1.58 bits per heavy atom. The molecule has 0 saturated carbocycles. The van der Waals surface area contributed by atoms with E-state index >= 15 is 0 Å². The van der Waals surface area contributed by atoms with Gasteiger partial charge >= 0.3 is 5.97 Å². The van der Waals surface area contributed by atoms with E-state index in [1.54, 1.807) is 0 Å². The molecule has 0 atom stereocenters. The van der Waals surface area contributed by atoms with Crippen LogP contribution in [0.4, 0.5) is 0 Å². The Labute approximate surface area is 72.9 Å². The predicted molar refractivity (Wildman–Crippen MR) is 47.7 cm³/mol. The second kappa shape index (κ2) is 4.10. The minimum atomic E-state index is -0.303. The van der Waals surface area contributed by atoms with Gasteiger partial charge < -0.3 is 4.74 Å². The van der Waals surface area contributed by atoms with Crippen molar-refractivity contribution in [1.82, 2.24) is 0 Å². The van der Waals surface area contributed by atoms with Crippen LogP contribution in [0.25, 0.3) is 0 Å². The minimum absolute atomic E-state index is 0.303. The highest BCUT2D eigenvalue weighted by molar-refractivity contribution is 5.92. The summed E-state index contributed by atoms with van der Waals surface area (Å²) in [5, 5.41) is 0. The van der Waals surface area contributed by atoms with Crippen molar-refractivity contribution in [3.8, 4) is 0 Å². The number of hydrogen-bond acceptors (Lipinski definition) is 2. The summed E-state index contributed by atoms with van der Waals surface area (Å²) >= 11 is 0. The van der Waals surface area contributed by atoms with Crippen LogP contribution in [0, 0.1) is 0 Å². The van der Waals surface area contributed by atoms with Crippen LogP contribution in [-0.4, -0.2) is 13.1 Å². The zero-order chi connectivity index (χ0) is 8.97. The van der Waals surface area contributed by atoms with Gasteiger partial charge in [0.2, 0.25) is 0 Å². The maximum Gasteiger partial charge on any atom is 0.337 e. The van der Waals surface area contributed by atoms with E-state index < -0.39 is 0 Å². The van der Waals surface area contributed by atoms with Crippen molar-refractivity contribution in [2.45, 2.75) is 25.7 Å². The summed E-state index contributed by atoms with van der Waals surface area (Å²) < 4.78 is 4.59. The summed E-state index contributed by atoms with van der Waals surface area (Å²) in [7, 11) is 1.39. The average molecular weight is 166 g/mol. The van der Waals surface area contributed by atoms with Gasteiger partial charge in [0, 0.05) is 0 Å². The third-order valence-corrected chi connectivity index (χ3v) is 2.11. The van der Waals surface area contributed by atoms with Gasteiger partial charge in [-0.05, 0) is 31.3 Å². The lowest BCUT2D eigenvalue weighted by Crippen LogP contribution is -2.07. The van der Waals surface area contributed by atoms with Crippen LogP contribution < -0.4 is 0 Å². The second-order valence-corrected chi connectivity index (χ2v) is 2.95. The monoisotopic (exact) mass is 166 g/mol. The van der Waals surface area contributed by atoms with Gasteiger partial charge in [0.15, 0.2) is 0 Å². The maximum atomic E-state index is 11.0. The van der Waals surface area contributed by atoms with E-state index in [1.807, 2.05) is 0 Å². The van der Waals surface area contributed by atoms with Crippen LogP contribution in [0.1, 0.15) is 25.7 Å². The molecule has 0 aromatic heterocycles. The van der Waals surface area contributed by atoms with E-state index in [0.717, 1.165) is 24.8 Å². The maximum absolute atomic E-state index is 11.0. The SMILES string of the molecule is C=C(C(=O)OC)C1=CCCCC1. The van der Waals surface area contributed by atoms with E-state index in [1.165, 1.54) is 13.5 Å². The normalized spacial score (nSPS) is 16.6. The summed E-state index contributed by atoms with van der Waals surface area (Å²) in [5.41, 5.74) is 1.59. The fourth-order valence-corrected chi connectivity index (χ4v) is 1.37. The molecule has 0 amide bonds. The summed E-state index contributed by atoms with van der Waals surface area (Å²) in [4.78, 5) is 11.0. The third-order valence-electron chi connectivity index (χ3n) is 2.11. The molecule has 0 fully saturated rings. The Bertz CT molecular complexity index is 226. The van der Waals surface area contributed by atoms with Crippen LogP contribution in [0.2, 0.25) is 0 Å². The molecule has 2 nitrogen and oxygen atoms in total. The van der Waals surface area contributed by atoms with E-state index in [-0.39, 0.29) is 5.97 Å². The molecule has 0 bridgehead atoms. The molecule has 1 aliphatic carbocycles. The molecule has 0 saturated heterocycles. The number of methoxy groups -OCH3 is 1. The summed E-state index contributed by atoms with van der Waals surface area (Å²) in [6.45, 7) is 3.71. The first kappa shape index (κ1) is 9.04. The van der Waals surface area contributed by atoms with Gasteiger partial charge in [0.25, 0.3) is 0 Å². The minimum Gasteiger partial charge on any atom is -0.465 e. The van der Waals surface area contributed by atoms with Crippen molar-refractivity contribution in [3.63, 3.8) is 0 Å². The number of allylic oxidation sites excluding steroid dienone is 1. The first-order valence-electron chi connectivity index (χ1n) is 4.22. The fraction of sp³-hybridized carbons (Fsp3) is 0.500. The van der Waals surface area contributed by atoms with Gasteiger partial charge in [-0.15, -0.1) is 0 Å². The van der Waals surface area contributed by atoms with E-state index in [2.05, 4.69) is 17.4 Å². The number of esters is 1. The molecular formula is C10H14O2. The highest BCUT2D eigenvalue weighted by Gasteiger charge is 2.13. The molecule has 1 rings (SSSR count). The lowest BCUT2D eigenvalue weighted by Gasteiger charge is -2.12. The fourth-order valence-electron chi connectivity index (χ4n) is 1.37. The van der Waals surface area contributed by atoms with E-state index in [4.69, 9.17) is 0 Å². The zero-order valence-electron chi connectivity index (χ0n) is 7.43. The molecule has 12 heavy (non-hydrogen) atoms. The van der Waals surface area contributed by atoms with Crippen LogP contribution >= 0.6 is 0 Å². The second-order valence-electron chi connectivity index (χ2n) is 2.95. The molecule has 0 N–H and O–H groups in total. The zero-order valence-corrected chi connectivity index (χ0v) is 7.43. The molecule has 0 unspecified atom stereocenters. The van der Waals surface area contributed by atoms with Gasteiger partial charge in [-0.25, -0.2) is 4.79 Å². The molecule has 0 aromatic carbocycles. The number of hydrogen-bond donors (Lipinski definition) is 0. The Hall–Kier alpha value is -1.05. The highest BCUT2D eigenvalue weighted by Crippen LogP contribution is 2.23. The molecule has 0 heterocycles. The molecule has 2 heteroatoms. The quantitative estimate of drug-likeness (QED) is 0.464. The number of carbonyl (C=O) groups excluding carboxylic acids is 1. The Balaban J connectivity index is 2.62. The average Bonchev–Trinajstić information content (AvgIpc) is 2.17. The van der Waals surface area contributed by atoms with Gasteiger partial charge in [-0.3, -0.25) is 0 Å². The Morgan fingerprint density at radius 3 is 2.83 bits per heavy atom. The third kappa shape index (κ3) is 1.97. The van der Waals surface area contributed by atoms with Crippen LogP contribution in [0.5, 0.6) is 0 Å². The van der Waals surface area contributed by atoms with Gasteiger partial charge in [0.1, 0.15) is 0 Å².